The molecule has 1 unspecified atom stereocenters. The molecule has 0 aliphatic carbocycles. The molecular weight excluding hydrogens is 239 g/mol. The van der Waals surface area contributed by atoms with Gasteiger partial charge in [-0.1, -0.05) is 6.07 Å². The Morgan fingerprint density at radius 2 is 2.33 bits per heavy atom. The Bertz CT molecular complexity index is 412. The Morgan fingerprint density at radius 3 is 2.89 bits per heavy atom. The molecule has 18 heavy (non-hydrogen) atoms. The van der Waals surface area contributed by atoms with E-state index in [0.717, 1.165) is 5.56 Å². The van der Waals surface area contributed by atoms with Gasteiger partial charge in [0.2, 0.25) is 5.91 Å². The number of benzene rings is 1. The number of hydrogen-bond donors (Lipinski definition) is 3. The predicted molar refractivity (Wildman–Crippen MR) is 64.7 cm³/mol. The number of nitrogens with one attached hydrogen (secondary N) is 1. The van der Waals surface area contributed by atoms with Gasteiger partial charge in [-0.25, -0.2) is 4.39 Å². The van der Waals surface area contributed by atoms with Crippen LogP contribution in [-0.4, -0.2) is 37.3 Å². The molecule has 0 aliphatic heterocycles. The number of aliphatic hydroxyl groups excluding tert-OH is 1. The largest absolute Gasteiger partial charge is 0.494 e. The third-order valence-corrected chi connectivity index (χ3v) is 2.46. The van der Waals surface area contributed by atoms with Crippen molar-refractivity contribution in [1.82, 2.24) is 5.32 Å². The third kappa shape index (κ3) is 3.97. The number of amides is 1. The first-order valence-electron chi connectivity index (χ1n) is 5.56. The Morgan fingerprint density at radius 1 is 1.61 bits per heavy atom. The van der Waals surface area contributed by atoms with Crippen molar-refractivity contribution >= 4 is 5.91 Å². The van der Waals surface area contributed by atoms with Crippen LogP contribution < -0.4 is 15.8 Å². The van der Waals surface area contributed by atoms with Crippen LogP contribution in [0.3, 0.4) is 0 Å². The minimum absolute atomic E-state index is 0.122. The van der Waals surface area contributed by atoms with E-state index in [0.29, 0.717) is 13.0 Å². The number of rotatable bonds is 6. The average molecular weight is 256 g/mol. The van der Waals surface area contributed by atoms with Gasteiger partial charge in [-0.3, -0.25) is 4.79 Å². The van der Waals surface area contributed by atoms with E-state index in [2.05, 4.69) is 5.32 Å². The SMILES string of the molecule is COc1ccc(CCNC(=O)C(O)CN)cc1F. The predicted octanol–water partition coefficient (Wildman–Crippen LogP) is -0.187. The van der Waals surface area contributed by atoms with Gasteiger partial charge in [0, 0.05) is 13.1 Å². The summed E-state index contributed by atoms with van der Waals surface area (Å²) in [5, 5.41) is 11.6. The fourth-order valence-corrected chi connectivity index (χ4v) is 1.42. The lowest BCUT2D eigenvalue weighted by atomic mass is 10.1. The molecule has 0 saturated heterocycles. The molecule has 4 N–H and O–H groups in total. The molecule has 1 atom stereocenters. The lowest BCUT2D eigenvalue weighted by molar-refractivity contribution is -0.128. The first-order chi connectivity index (χ1) is 8.58. The molecule has 0 heterocycles. The van der Waals surface area contributed by atoms with E-state index in [4.69, 9.17) is 15.6 Å². The molecule has 1 aromatic carbocycles. The van der Waals surface area contributed by atoms with E-state index in [9.17, 15) is 9.18 Å². The smallest absolute Gasteiger partial charge is 0.250 e. The standard InChI is InChI=1S/C12H17FN2O3/c1-18-11-3-2-8(6-9(11)13)4-5-15-12(17)10(16)7-14/h2-3,6,10,16H,4-5,7,14H2,1H3,(H,15,17). The molecule has 1 aromatic rings. The maximum Gasteiger partial charge on any atom is 0.250 e. The summed E-state index contributed by atoms with van der Waals surface area (Å²) in [5.41, 5.74) is 5.87. The van der Waals surface area contributed by atoms with Crippen LogP contribution in [-0.2, 0) is 11.2 Å². The number of hydrogen-bond acceptors (Lipinski definition) is 4. The molecule has 100 valence electrons. The molecule has 0 aromatic heterocycles. The van der Waals surface area contributed by atoms with Crippen molar-refractivity contribution in [2.24, 2.45) is 5.73 Å². The zero-order valence-corrected chi connectivity index (χ0v) is 10.1. The van der Waals surface area contributed by atoms with Gasteiger partial charge < -0.3 is 20.9 Å². The van der Waals surface area contributed by atoms with Gasteiger partial charge in [-0.2, -0.15) is 0 Å². The van der Waals surface area contributed by atoms with Crippen LogP contribution in [0.5, 0.6) is 5.75 Å². The molecule has 0 aliphatic rings. The maximum absolute atomic E-state index is 13.4. The van der Waals surface area contributed by atoms with Gasteiger partial charge in [-0.15, -0.1) is 0 Å². The van der Waals surface area contributed by atoms with Crippen molar-refractivity contribution in [3.8, 4) is 5.75 Å². The number of methoxy groups -OCH3 is 1. The summed E-state index contributed by atoms with van der Waals surface area (Å²) >= 11 is 0. The van der Waals surface area contributed by atoms with E-state index < -0.39 is 17.8 Å². The molecule has 6 heteroatoms. The van der Waals surface area contributed by atoms with Crippen LogP contribution >= 0.6 is 0 Å². The van der Waals surface area contributed by atoms with E-state index in [1.807, 2.05) is 0 Å². The molecule has 0 saturated carbocycles. The van der Waals surface area contributed by atoms with Crippen molar-refractivity contribution in [2.75, 3.05) is 20.2 Å². The fraction of sp³-hybridized carbons (Fsp3) is 0.417. The Kier molecular flexibility index (Phi) is 5.54. The van der Waals surface area contributed by atoms with Crippen LogP contribution in [0.2, 0.25) is 0 Å². The molecule has 0 bridgehead atoms. The second-order valence-corrected chi connectivity index (χ2v) is 3.76. The van der Waals surface area contributed by atoms with Gasteiger partial charge >= 0.3 is 0 Å². The summed E-state index contributed by atoms with van der Waals surface area (Å²) in [6.45, 7) is 0.185. The highest BCUT2D eigenvalue weighted by atomic mass is 19.1. The van der Waals surface area contributed by atoms with Crippen LogP contribution in [0.15, 0.2) is 18.2 Å². The van der Waals surface area contributed by atoms with E-state index in [1.165, 1.54) is 19.2 Å². The Balaban J connectivity index is 2.45. The number of halogens is 1. The summed E-state index contributed by atoms with van der Waals surface area (Å²) in [5.74, 6) is -0.781. The summed E-state index contributed by atoms with van der Waals surface area (Å²) < 4.78 is 18.1. The van der Waals surface area contributed by atoms with E-state index in [-0.39, 0.29) is 12.3 Å². The summed E-state index contributed by atoms with van der Waals surface area (Å²) in [6, 6.07) is 4.60. The van der Waals surface area contributed by atoms with Crippen LogP contribution in [0.1, 0.15) is 5.56 Å². The van der Waals surface area contributed by atoms with Gasteiger partial charge in [0.15, 0.2) is 11.6 Å². The molecule has 1 amide bonds. The Labute approximate surface area is 105 Å². The summed E-state index contributed by atoms with van der Waals surface area (Å²) in [6.07, 6.45) is -0.734. The van der Waals surface area contributed by atoms with Crippen LogP contribution in [0.25, 0.3) is 0 Å². The number of carbonyl (C=O) groups is 1. The molecule has 5 nitrogen and oxygen atoms in total. The number of ether oxygens (including phenoxy) is 1. The lowest BCUT2D eigenvalue weighted by Crippen LogP contribution is -2.39. The molecule has 0 fully saturated rings. The molecule has 0 radical (unpaired) electrons. The molecule has 0 spiro atoms. The van der Waals surface area contributed by atoms with Crippen LogP contribution in [0, 0.1) is 5.82 Å². The lowest BCUT2D eigenvalue weighted by Gasteiger charge is -2.09. The zero-order chi connectivity index (χ0) is 13.5. The monoisotopic (exact) mass is 256 g/mol. The van der Waals surface area contributed by atoms with Gasteiger partial charge in [0.05, 0.1) is 7.11 Å². The minimum Gasteiger partial charge on any atom is -0.494 e. The van der Waals surface area contributed by atoms with Gasteiger partial charge in [0.1, 0.15) is 6.10 Å². The average Bonchev–Trinajstić information content (AvgIpc) is 2.37. The van der Waals surface area contributed by atoms with Gasteiger partial charge in [0.25, 0.3) is 0 Å². The highest BCUT2D eigenvalue weighted by molar-refractivity contribution is 5.80. The maximum atomic E-state index is 13.4. The third-order valence-electron chi connectivity index (χ3n) is 2.46. The van der Waals surface area contributed by atoms with E-state index >= 15 is 0 Å². The van der Waals surface area contributed by atoms with Crippen molar-refractivity contribution in [3.63, 3.8) is 0 Å². The second-order valence-electron chi connectivity index (χ2n) is 3.76. The van der Waals surface area contributed by atoms with Crippen LogP contribution in [0.4, 0.5) is 4.39 Å². The van der Waals surface area contributed by atoms with Crippen molar-refractivity contribution < 1.29 is 19.0 Å². The van der Waals surface area contributed by atoms with Crippen molar-refractivity contribution in [1.29, 1.82) is 0 Å². The topological polar surface area (TPSA) is 84.6 Å². The van der Waals surface area contributed by atoms with E-state index in [1.54, 1.807) is 6.07 Å². The minimum atomic E-state index is -1.20. The fourth-order valence-electron chi connectivity index (χ4n) is 1.42. The highest BCUT2D eigenvalue weighted by Crippen LogP contribution is 2.17. The normalized spacial score (nSPS) is 12.0. The first-order valence-corrected chi connectivity index (χ1v) is 5.56. The molecule has 1 rings (SSSR count). The quantitative estimate of drug-likeness (QED) is 0.659. The second kappa shape index (κ2) is 6.93. The first kappa shape index (κ1) is 14.4. The summed E-state index contributed by atoms with van der Waals surface area (Å²) in [4.78, 5) is 11.2. The number of carbonyl (C=O) groups excluding carboxylic acids is 1. The highest BCUT2D eigenvalue weighted by Gasteiger charge is 2.11. The number of aliphatic hydroxyl groups is 1. The van der Waals surface area contributed by atoms with Crippen molar-refractivity contribution in [2.45, 2.75) is 12.5 Å². The van der Waals surface area contributed by atoms with Gasteiger partial charge in [-0.05, 0) is 24.1 Å². The summed E-state index contributed by atoms with van der Waals surface area (Å²) in [7, 11) is 1.40. The number of nitrogens with two attached hydrogens (primary N) is 1. The molecular formula is C12H17FN2O3. The zero-order valence-electron chi connectivity index (χ0n) is 10.1. The Hall–Kier alpha value is -1.66. The van der Waals surface area contributed by atoms with Crippen molar-refractivity contribution in [3.05, 3.63) is 29.6 Å².